The molecule has 0 amide bonds. The first-order chi connectivity index (χ1) is 17.8. The molecule has 0 saturated carbocycles. The second-order valence-electron chi connectivity index (χ2n) is 8.68. The number of hydrogen-bond donors (Lipinski definition) is 3. The Balaban J connectivity index is 1.90. The number of nitrogens with zero attached hydrogens (tertiary/aromatic N) is 1. The zero-order chi connectivity index (χ0) is 28.3. The number of aliphatic hydroxyl groups excluding tert-OH is 1. The lowest BCUT2D eigenvalue weighted by Crippen LogP contribution is -2.52. The summed E-state index contributed by atoms with van der Waals surface area (Å²) in [6.07, 6.45) is -10.6. The SMILES string of the molecule is CC(C)OC(=O)[C@H](C)NP(=O)(OC[C@@]1(C(F)F)O[C@@H](n2ccc(=O)[nH]c2=O)[C@H](F)[C@@H]1O)Oc1ccccc1. The summed E-state index contributed by atoms with van der Waals surface area (Å²) in [4.78, 5) is 37.5. The van der Waals surface area contributed by atoms with E-state index >= 15 is 4.39 Å². The Bertz CT molecular complexity index is 1280. The molecule has 0 aliphatic carbocycles. The summed E-state index contributed by atoms with van der Waals surface area (Å²) in [6, 6.07) is 6.89. The van der Waals surface area contributed by atoms with Crippen LogP contribution in [0.3, 0.4) is 0 Å². The topological polar surface area (TPSA) is 158 Å². The van der Waals surface area contributed by atoms with Crippen molar-refractivity contribution in [3.05, 3.63) is 63.4 Å². The van der Waals surface area contributed by atoms with Crippen molar-refractivity contribution in [3.63, 3.8) is 0 Å². The number of alkyl halides is 3. The van der Waals surface area contributed by atoms with Gasteiger partial charge in [0.05, 0.1) is 12.7 Å². The molecule has 2 aromatic rings. The molecule has 210 valence electrons. The number of hydrogen-bond acceptors (Lipinski definition) is 9. The molecule has 0 bridgehead atoms. The van der Waals surface area contributed by atoms with Crippen LogP contribution in [0.4, 0.5) is 13.2 Å². The van der Waals surface area contributed by atoms with Gasteiger partial charge in [-0.05, 0) is 32.9 Å². The fourth-order valence-corrected chi connectivity index (χ4v) is 5.04. The highest BCUT2D eigenvalue weighted by Gasteiger charge is 2.62. The van der Waals surface area contributed by atoms with E-state index in [4.69, 9.17) is 18.5 Å². The van der Waals surface area contributed by atoms with Crippen molar-refractivity contribution in [1.29, 1.82) is 0 Å². The van der Waals surface area contributed by atoms with Crippen molar-refractivity contribution in [3.8, 4) is 5.75 Å². The molecule has 1 fully saturated rings. The third kappa shape index (κ3) is 6.53. The third-order valence-corrected chi connectivity index (χ3v) is 7.02. The fourth-order valence-electron chi connectivity index (χ4n) is 3.51. The molecule has 1 aromatic heterocycles. The normalized spacial score (nSPS) is 25.8. The van der Waals surface area contributed by atoms with Crippen LogP contribution in [0.15, 0.2) is 52.2 Å². The fraction of sp³-hybridized carbons (Fsp3) is 0.500. The van der Waals surface area contributed by atoms with E-state index in [1.165, 1.54) is 31.2 Å². The van der Waals surface area contributed by atoms with Crippen LogP contribution >= 0.6 is 7.75 Å². The van der Waals surface area contributed by atoms with Gasteiger partial charge in [-0.1, -0.05) is 18.2 Å². The first kappa shape index (κ1) is 29.6. The predicted molar refractivity (Wildman–Crippen MR) is 126 cm³/mol. The lowest BCUT2D eigenvalue weighted by atomic mass is 9.97. The highest BCUT2D eigenvalue weighted by molar-refractivity contribution is 7.52. The van der Waals surface area contributed by atoms with Crippen LogP contribution < -0.4 is 20.9 Å². The van der Waals surface area contributed by atoms with Gasteiger partial charge in [-0.25, -0.2) is 22.5 Å². The number of aliphatic hydroxyl groups is 1. The van der Waals surface area contributed by atoms with E-state index in [9.17, 15) is 32.8 Å². The first-order valence-electron chi connectivity index (χ1n) is 11.3. The van der Waals surface area contributed by atoms with Crippen molar-refractivity contribution in [2.45, 2.75) is 63.4 Å². The molecule has 3 N–H and O–H groups in total. The number of rotatable bonds is 11. The van der Waals surface area contributed by atoms with Crippen molar-refractivity contribution in [1.82, 2.24) is 14.6 Å². The molecule has 1 saturated heterocycles. The van der Waals surface area contributed by atoms with Crippen molar-refractivity contribution in [2.24, 2.45) is 0 Å². The molecular formula is C22H27F3N3O9P. The number of esters is 1. The van der Waals surface area contributed by atoms with Gasteiger partial charge in [0.2, 0.25) is 0 Å². The molecule has 1 aromatic carbocycles. The molecule has 0 radical (unpaired) electrons. The van der Waals surface area contributed by atoms with Crippen LogP contribution in [0.25, 0.3) is 0 Å². The Kier molecular flexibility index (Phi) is 9.21. The van der Waals surface area contributed by atoms with E-state index in [1.54, 1.807) is 19.9 Å². The van der Waals surface area contributed by atoms with Crippen LogP contribution in [-0.2, 0) is 23.4 Å². The van der Waals surface area contributed by atoms with Gasteiger partial charge in [0.1, 0.15) is 17.9 Å². The lowest BCUT2D eigenvalue weighted by Gasteiger charge is -2.32. The summed E-state index contributed by atoms with van der Waals surface area (Å²) in [5.74, 6) is -0.893. The van der Waals surface area contributed by atoms with Crippen LogP contribution in [0.5, 0.6) is 5.75 Å². The van der Waals surface area contributed by atoms with E-state index < -0.39 is 74.2 Å². The third-order valence-electron chi connectivity index (χ3n) is 5.40. The van der Waals surface area contributed by atoms with Gasteiger partial charge in [0, 0.05) is 12.3 Å². The molecule has 16 heteroatoms. The zero-order valence-electron chi connectivity index (χ0n) is 20.5. The van der Waals surface area contributed by atoms with Gasteiger partial charge >= 0.3 is 19.4 Å². The molecule has 38 heavy (non-hydrogen) atoms. The summed E-state index contributed by atoms with van der Waals surface area (Å²) in [6.45, 7) is 3.01. The van der Waals surface area contributed by atoms with Gasteiger partial charge < -0.3 is 19.1 Å². The Morgan fingerprint density at radius 2 is 1.89 bits per heavy atom. The molecule has 12 nitrogen and oxygen atoms in total. The Labute approximate surface area is 214 Å². The van der Waals surface area contributed by atoms with E-state index in [-0.39, 0.29) is 5.75 Å². The number of ether oxygens (including phenoxy) is 2. The molecule has 3 rings (SSSR count). The molecule has 1 unspecified atom stereocenters. The van der Waals surface area contributed by atoms with Crippen molar-refractivity contribution in [2.75, 3.05) is 6.61 Å². The summed E-state index contributed by atoms with van der Waals surface area (Å²) in [5, 5.41) is 12.7. The Morgan fingerprint density at radius 1 is 1.24 bits per heavy atom. The Hall–Kier alpha value is -2.97. The van der Waals surface area contributed by atoms with Crippen molar-refractivity contribution < 1.29 is 46.2 Å². The number of aromatic nitrogens is 2. The summed E-state index contributed by atoms with van der Waals surface area (Å²) in [5.41, 5.74) is -5.14. The second kappa shape index (κ2) is 11.8. The lowest BCUT2D eigenvalue weighted by molar-refractivity contribution is -0.192. The number of aromatic amines is 1. The van der Waals surface area contributed by atoms with E-state index in [0.29, 0.717) is 4.57 Å². The van der Waals surface area contributed by atoms with Gasteiger partial charge in [0.25, 0.3) is 12.0 Å². The molecule has 2 heterocycles. The summed E-state index contributed by atoms with van der Waals surface area (Å²) >= 11 is 0. The first-order valence-corrected chi connectivity index (χ1v) is 12.9. The molecule has 1 aliphatic rings. The molecular weight excluding hydrogens is 538 g/mol. The maximum atomic E-state index is 15.0. The number of benzene rings is 1. The van der Waals surface area contributed by atoms with E-state index in [2.05, 4.69) is 5.09 Å². The van der Waals surface area contributed by atoms with Gasteiger partial charge in [0.15, 0.2) is 18.0 Å². The minimum atomic E-state index is -4.70. The monoisotopic (exact) mass is 565 g/mol. The van der Waals surface area contributed by atoms with E-state index in [0.717, 1.165) is 12.3 Å². The highest BCUT2D eigenvalue weighted by Crippen LogP contribution is 2.49. The minimum Gasteiger partial charge on any atom is -0.462 e. The number of para-hydroxylation sites is 1. The predicted octanol–water partition coefficient (Wildman–Crippen LogP) is 1.90. The summed E-state index contributed by atoms with van der Waals surface area (Å²) < 4.78 is 78.4. The van der Waals surface area contributed by atoms with Gasteiger partial charge in [-0.15, -0.1) is 0 Å². The smallest absolute Gasteiger partial charge is 0.459 e. The largest absolute Gasteiger partial charge is 0.462 e. The second-order valence-corrected chi connectivity index (χ2v) is 10.4. The Morgan fingerprint density at radius 3 is 2.47 bits per heavy atom. The molecule has 1 aliphatic heterocycles. The minimum absolute atomic E-state index is 0.0345. The molecule has 0 spiro atoms. The average molecular weight is 565 g/mol. The van der Waals surface area contributed by atoms with Crippen LogP contribution in [-0.4, -0.2) is 63.7 Å². The van der Waals surface area contributed by atoms with Crippen LogP contribution in [0.2, 0.25) is 0 Å². The maximum Gasteiger partial charge on any atom is 0.459 e. The van der Waals surface area contributed by atoms with E-state index in [1.807, 2.05) is 4.98 Å². The summed E-state index contributed by atoms with van der Waals surface area (Å²) in [7, 11) is -4.70. The maximum absolute atomic E-state index is 15.0. The van der Waals surface area contributed by atoms with Crippen LogP contribution in [0, 0.1) is 0 Å². The van der Waals surface area contributed by atoms with Crippen LogP contribution in [0.1, 0.15) is 27.0 Å². The number of nitrogens with one attached hydrogen (secondary N) is 2. The molecule has 6 atom stereocenters. The van der Waals surface area contributed by atoms with Gasteiger partial charge in [-0.2, -0.15) is 5.09 Å². The standard InChI is InChI=1S/C22H27F3N3O9P/c1-12(2)35-19(31)13(3)27-38(33,37-14-7-5-4-6-8-14)34-11-22(20(24)25)17(30)16(23)18(36-22)28-10-9-15(29)26-21(28)32/h4-10,12-13,16-18,20,30H,11H2,1-3H3,(H,27,33)(H,26,29,32)/t13-,16+,17-,18+,22+,38?/m0/s1. The quantitative estimate of drug-likeness (QED) is 0.271. The number of H-pyrrole nitrogens is 1. The zero-order valence-corrected chi connectivity index (χ0v) is 21.3. The highest BCUT2D eigenvalue weighted by atomic mass is 31.2. The number of carbonyl (C=O) groups is 1. The van der Waals surface area contributed by atoms with Gasteiger partial charge in [-0.3, -0.25) is 23.7 Å². The number of halogens is 3. The average Bonchev–Trinajstić information content (AvgIpc) is 3.09. The van der Waals surface area contributed by atoms with Crippen molar-refractivity contribution >= 4 is 13.7 Å². The number of carbonyl (C=O) groups excluding carboxylic acids is 1.